The van der Waals surface area contributed by atoms with Crippen LogP contribution in [0.3, 0.4) is 0 Å². The van der Waals surface area contributed by atoms with Gasteiger partial charge in [0.05, 0.1) is 18.3 Å². The maximum Gasteiger partial charge on any atom is 0.498 e. The fourth-order valence-electron chi connectivity index (χ4n) is 2.89. The lowest BCUT2D eigenvalue weighted by atomic mass is 9.77. The zero-order valence-electron chi connectivity index (χ0n) is 16.2. The number of rotatable bonds is 6. The fourth-order valence-corrected chi connectivity index (χ4v) is 3.83. The van der Waals surface area contributed by atoms with E-state index in [0.29, 0.717) is 0 Å². The normalized spacial score (nSPS) is 18.1. The molecule has 138 valence electrons. The lowest BCUT2D eigenvalue weighted by molar-refractivity contribution is 0.00578. The molecule has 1 saturated heterocycles. The van der Waals surface area contributed by atoms with Gasteiger partial charge in [-0.25, -0.2) is 0 Å². The maximum absolute atomic E-state index is 6.21. The lowest BCUT2D eigenvalue weighted by Gasteiger charge is -2.32. The van der Waals surface area contributed by atoms with Crippen LogP contribution in [0.5, 0.6) is 5.75 Å². The van der Waals surface area contributed by atoms with Crippen molar-refractivity contribution in [1.29, 1.82) is 0 Å². The molecule has 0 N–H and O–H groups in total. The SMILES string of the molecule is COc1ccc(CSCc2ccccc2)cc1B1OC(C)(C)C(C)(C)O1. The van der Waals surface area contributed by atoms with E-state index in [1.807, 2.05) is 17.8 Å². The minimum atomic E-state index is -0.408. The molecule has 5 heteroatoms. The van der Waals surface area contributed by atoms with Crippen molar-refractivity contribution in [2.24, 2.45) is 0 Å². The largest absolute Gasteiger partial charge is 0.498 e. The van der Waals surface area contributed by atoms with Crippen molar-refractivity contribution in [1.82, 2.24) is 0 Å². The molecule has 1 heterocycles. The van der Waals surface area contributed by atoms with Crippen molar-refractivity contribution in [3.63, 3.8) is 0 Å². The molecule has 26 heavy (non-hydrogen) atoms. The summed E-state index contributed by atoms with van der Waals surface area (Å²) in [6, 6.07) is 16.8. The average molecular weight is 370 g/mol. The van der Waals surface area contributed by atoms with Crippen molar-refractivity contribution in [3.8, 4) is 5.75 Å². The Morgan fingerprint density at radius 3 is 2.12 bits per heavy atom. The van der Waals surface area contributed by atoms with Gasteiger partial charge in [0, 0.05) is 17.0 Å². The zero-order valence-corrected chi connectivity index (χ0v) is 17.1. The lowest BCUT2D eigenvalue weighted by Crippen LogP contribution is -2.41. The predicted octanol–water partition coefficient (Wildman–Crippen LogP) is 4.43. The van der Waals surface area contributed by atoms with Crippen molar-refractivity contribution in [3.05, 3.63) is 59.7 Å². The third kappa shape index (κ3) is 4.11. The maximum atomic E-state index is 6.21. The molecule has 2 aromatic rings. The summed E-state index contributed by atoms with van der Waals surface area (Å²) in [5.74, 6) is 2.74. The summed E-state index contributed by atoms with van der Waals surface area (Å²) < 4.78 is 18.0. The van der Waals surface area contributed by atoms with Crippen LogP contribution in [0.15, 0.2) is 48.5 Å². The van der Waals surface area contributed by atoms with E-state index in [1.165, 1.54) is 11.1 Å². The molecule has 0 atom stereocenters. The van der Waals surface area contributed by atoms with Gasteiger partial charge in [0.25, 0.3) is 0 Å². The third-order valence-electron chi connectivity index (χ3n) is 5.18. The number of hydrogen-bond acceptors (Lipinski definition) is 4. The summed E-state index contributed by atoms with van der Waals surface area (Å²) in [4.78, 5) is 0. The Bertz CT molecular complexity index is 730. The Morgan fingerprint density at radius 2 is 1.50 bits per heavy atom. The van der Waals surface area contributed by atoms with Gasteiger partial charge in [-0.15, -0.1) is 0 Å². The highest BCUT2D eigenvalue weighted by molar-refractivity contribution is 7.97. The predicted molar refractivity (Wildman–Crippen MR) is 110 cm³/mol. The first-order valence-corrected chi connectivity index (χ1v) is 10.1. The van der Waals surface area contributed by atoms with Crippen molar-refractivity contribution in [2.45, 2.75) is 50.4 Å². The van der Waals surface area contributed by atoms with Crippen molar-refractivity contribution < 1.29 is 14.0 Å². The zero-order chi connectivity index (χ0) is 18.8. The molecule has 0 saturated carbocycles. The number of hydrogen-bond donors (Lipinski definition) is 0. The van der Waals surface area contributed by atoms with Crippen LogP contribution in [0, 0.1) is 0 Å². The first-order chi connectivity index (χ1) is 12.3. The van der Waals surface area contributed by atoms with E-state index in [4.69, 9.17) is 14.0 Å². The Labute approximate surface area is 161 Å². The summed E-state index contributed by atoms with van der Waals surface area (Å²) >= 11 is 1.90. The number of methoxy groups -OCH3 is 1. The highest BCUT2D eigenvalue weighted by Crippen LogP contribution is 2.37. The number of benzene rings is 2. The summed E-state index contributed by atoms with van der Waals surface area (Å²) in [7, 11) is 1.28. The molecule has 1 fully saturated rings. The van der Waals surface area contributed by atoms with Crippen LogP contribution in [0.25, 0.3) is 0 Å². The van der Waals surface area contributed by atoms with Crippen LogP contribution in [-0.4, -0.2) is 25.4 Å². The van der Waals surface area contributed by atoms with Crippen LogP contribution in [0.2, 0.25) is 0 Å². The van der Waals surface area contributed by atoms with Gasteiger partial charge >= 0.3 is 7.12 Å². The summed E-state index contributed by atoms with van der Waals surface area (Å²) in [6.07, 6.45) is 0. The Balaban J connectivity index is 1.73. The summed E-state index contributed by atoms with van der Waals surface area (Å²) in [6.45, 7) is 8.27. The van der Waals surface area contributed by atoms with Gasteiger partial charge < -0.3 is 14.0 Å². The quantitative estimate of drug-likeness (QED) is 0.704. The molecular weight excluding hydrogens is 343 g/mol. The minimum absolute atomic E-state index is 0.360. The van der Waals surface area contributed by atoms with Crippen LogP contribution < -0.4 is 10.2 Å². The third-order valence-corrected chi connectivity index (χ3v) is 6.26. The second kappa shape index (κ2) is 7.67. The first kappa shape index (κ1) is 19.3. The summed E-state index contributed by atoms with van der Waals surface area (Å²) in [5.41, 5.74) is 2.83. The van der Waals surface area contributed by atoms with Crippen molar-refractivity contribution in [2.75, 3.05) is 7.11 Å². The Morgan fingerprint density at radius 1 is 0.885 bits per heavy atom. The number of ether oxygens (including phenoxy) is 1. The minimum Gasteiger partial charge on any atom is -0.497 e. The molecule has 0 amide bonds. The molecule has 1 aliphatic heterocycles. The molecule has 0 aromatic heterocycles. The van der Waals surface area contributed by atoms with E-state index in [1.54, 1.807) is 7.11 Å². The molecule has 1 aliphatic rings. The van der Waals surface area contributed by atoms with Gasteiger partial charge in [0.15, 0.2) is 0 Å². The fraction of sp³-hybridized carbons (Fsp3) is 0.429. The van der Waals surface area contributed by atoms with E-state index < -0.39 is 7.12 Å². The van der Waals surface area contributed by atoms with Crippen LogP contribution >= 0.6 is 11.8 Å². The second-order valence-electron chi connectivity index (χ2n) is 7.64. The monoisotopic (exact) mass is 370 g/mol. The van der Waals surface area contributed by atoms with Crippen LogP contribution in [-0.2, 0) is 20.8 Å². The second-order valence-corrected chi connectivity index (χ2v) is 8.63. The van der Waals surface area contributed by atoms with Crippen molar-refractivity contribution >= 4 is 24.3 Å². The molecule has 2 aromatic carbocycles. The van der Waals surface area contributed by atoms with E-state index in [-0.39, 0.29) is 11.2 Å². The Kier molecular flexibility index (Phi) is 5.71. The molecule has 0 unspecified atom stereocenters. The van der Waals surface area contributed by atoms with E-state index in [9.17, 15) is 0 Å². The van der Waals surface area contributed by atoms with E-state index >= 15 is 0 Å². The van der Waals surface area contributed by atoms with Gasteiger partial charge in [-0.2, -0.15) is 11.8 Å². The first-order valence-electron chi connectivity index (χ1n) is 8.96. The molecule has 0 aliphatic carbocycles. The standard InChI is InChI=1S/C21H27BO3S/c1-20(2)21(3,4)25-22(24-20)18-13-17(11-12-19(18)23-5)15-26-14-16-9-7-6-8-10-16/h6-13H,14-15H2,1-5H3. The van der Waals surface area contributed by atoms with Gasteiger partial charge in [0.1, 0.15) is 5.75 Å². The molecular formula is C21H27BO3S. The number of thioether (sulfide) groups is 1. The molecule has 0 spiro atoms. The molecule has 0 radical (unpaired) electrons. The highest BCUT2D eigenvalue weighted by Gasteiger charge is 2.52. The molecule has 0 bridgehead atoms. The van der Waals surface area contributed by atoms with Crippen LogP contribution in [0.1, 0.15) is 38.8 Å². The molecule has 3 rings (SSSR count). The van der Waals surface area contributed by atoms with E-state index in [2.05, 4.69) is 70.2 Å². The Hall–Kier alpha value is -1.43. The van der Waals surface area contributed by atoms with E-state index in [0.717, 1.165) is 22.7 Å². The van der Waals surface area contributed by atoms with Gasteiger partial charge in [0.2, 0.25) is 0 Å². The van der Waals surface area contributed by atoms with Gasteiger partial charge in [-0.1, -0.05) is 42.5 Å². The molecule has 3 nitrogen and oxygen atoms in total. The highest BCUT2D eigenvalue weighted by atomic mass is 32.2. The van der Waals surface area contributed by atoms with Crippen LogP contribution in [0.4, 0.5) is 0 Å². The average Bonchev–Trinajstić information content (AvgIpc) is 2.83. The van der Waals surface area contributed by atoms with Gasteiger partial charge in [-0.05, 0) is 44.9 Å². The van der Waals surface area contributed by atoms with Gasteiger partial charge in [-0.3, -0.25) is 0 Å². The smallest absolute Gasteiger partial charge is 0.497 e. The topological polar surface area (TPSA) is 27.7 Å². The summed E-state index contributed by atoms with van der Waals surface area (Å²) in [5, 5.41) is 0.